The van der Waals surface area contributed by atoms with Crippen LogP contribution in [0.5, 0.6) is 0 Å². The fourth-order valence-corrected chi connectivity index (χ4v) is 3.91. The predicted octanol–water partition coefficient (Wildman–Crippen LogP) is 2.57. The van der Waals surface area contributed by atoms with Crippen molar-refractivity contribution in [2.75, 3.05) is 40.6 Å². The van der Waals surface area contributed by atoms with Crippen molar-refractivity contribution in [1.82, 2.24) is 0 Å². The molecule has 7 heteroatoms. The Morgan fingerprint density at radius 3 is 1.76 bits per heavy atom. The normalized spacial score (nSPS) is 12.6. The second-order valence-corrected chi connectivity index (χ2v) is 7.14. The number of hydrogen-bond donors (Lipinski definition) is 0. The Morgan fingerprint density at radius 2 is 1.43 bits per heavy atom. The molecule has 0 fully saturated rings. The van der Waals surface area contributed by atoms with Crippen LogP contribution in [0.3, 0.4) is 0 Å². The van der Waals surface area contributed by atoms with E-state index in [2.05, 4.69) is 6.58 Å². The molecule has 0 bridgehead atoms. The van der Waals surface area contributed by atoms with Crippen molar-refractivity contribution in [3.8, 4) is 0 Å². The van der Waals surface area contributed by atoms with Crippen LogP contribution in [-0.4, -0.2) is 55.4 Å². The summed E-state index contributed by atoms with van der Waals surface area (Å²) in [6.45, 7) is 11.2. The summed E-state index contributed by atoms with van der Waals surface area (Å²) in [6, 6.07) is 0.522. The summed E-state index contributed by atoms with van der Waals surface area (Å²) in [5.41, 5.74) is 0. The smallest absolute Gasteiger partial charge is 0.377 e. The van der Waals surface area contributed by atoms with Crippen LogP contribution in [-0.2, 0) is 27.5 Å². The van der Waals surface area contributed by atoms with Crippen LogP contribution in [0.4, 0.5) is 0 Å². The van der Waals surface area contributed by atoms with Crippen LogP contribution in [0.2, 0.25) is 6.04 Å². The van der Waals surface area contributed by atoms with Gasteiger partial charge in [0.05, 0.1) is 6.61 Å². The molecule has 126 valence electrons. The lowest BCUT2D eigenvalue weighted by Gasteiger charge is -2.35. The van der Waals surface area contributed by atoms with E-state index in [1.165, 1.54) is 0 Å². The van der Waals surface area contributed by atoms with E-state index in [0.29, 0.717) is 38.9 Å². The third kappa shape index (κ3) is 7.01. The van der Waals surface area contributed by atoms with Crippen molar-refractivity contribution < 1.29 is 27.5 Å². The van der Waals surface area contributed by atoms with E-state index >= 15 is 0 Å². The van der Waals surface area contributed by atoms with Crippen LogP contribution in [0.15, 0.2) is 12.7 Å². The van der Waals surface area contributed by atoms with Crippen molar-refractivity contribution in [2.24, 2.45) is 0 Å². The quantitative estimate of drug-likeness (QED) is 0.278. The molecular formula is C14H30O6Si. The standard InChI is InChI=1S/C14H30O6Si/c1-7-12-20-21(15-5,16-6)13-11-14(17-8-2,18-9-3)19-10-4/h7H,1,8-13H2,2-6H3. The van der Waals surface area contributed by atoms with Crippen LogP contribution >= 0.6 is 0 Å². The van der Waals surface area contributed by atoms with Gasteiger partial charge in [0.1, 0.15) is 0 Å². The van der Waals surface area contributed by atoms with Crippen molar-refractivity contribution in [3.63, 3.8) is 0 Å². The molecule has 0 aromatic heterocycles. The molecule has 0 radical (unpaired) electrons. The summed E-state index contributed by atoms with van der Waals surface area (Å²) < 4.78 is 33.8. The zero-order valence-corrected chi connectivity index (χ0v) is 15.0. The van der Waals surface area contributed by atoms with Crippen molar-refractivity contribution in [3.05, 3.63) is 12.7 Å². The van der Waals surface area contributed by atoms with E-state index in [4.69, 9.17) is 27.5 Å². The first-order valence-electron chi connectivity index (χ1n) is 7.34. The van der Waals surface area contributed by atoms with Gasteiger partial charge in [0.15, 0.2) is 0 Å². The first-order chi connectivity index (χ1) is 10.1. The van der Waals surface area contributed by atoms with Crippen molar-refractivity contribution in [1.29, 1.82) is 0 Å². The zero-order chi connectivity index (χ0) is 16.2. The van der Waals surface area contributed by atoms with Gasteiger partial charge in [0.25, 0.3) is 5.97 Å². The SMILES string of the molecule is C=CCO[Si](CCC(OCC)(OCC)OCC)(OC)OC. The molecule has 0 unspecified atom stereocenters. The van der Waals surface area contributed by atoms with Gasteiger partial charge in [-0.2, -0.15) is 0 Å². The molecule has 0 aliphatic rings. The molecule has 0 aliphatic carbocycles. The molecule has 0 rings (SSSR count). The molecular weight excluding hydrogens is 292 g/mol. The van der Waals surface area contributed by atoms with Gasteiger partial charge in [-0.1, -0.05) is 6.08 Å². The second-order valence-electron chi connectivity index (χ2n) is 4.17. The van der Waals surface area contributed by atoms with Crippen molar-refractivity contribution >= 4 is 8.80 Å². The van der Waals surface area contributed by atoms with Gasteiger partial charge in [-0.15, -0.1) is 6.58 Å². The maximum atomic E-state index is 5.72. The highest BCUT2D eigenvalue weighted by Gasteiger charge is 2.44. The van der Waals surface area contributed by atoms with Gasteiger partial charge >= 0.3 is 8.80 Å². The summed E-state index contributed by atoms with van der Waals surface area (Å²) in [4.78, 5) is 0. The van der Waals surface area contributed by atoms with Gasteiger partial charge in [-0.3, -0.25) is 0 Å². The van der Waals surface area contributed by atoms with Crippen LogP contribution in [0, 0.1) is 0 Å². The maximum Gasteiger partial charge on any atom is 0.500 e. The van der Waals surface area contributed by atoms with E-state index in [1.807, 2.05) is 20.8 Å². The Labute approximate surface area is 129 Å². The molecule has 0 saturated carbocycles. The van der Waals surface area contributed by atoms with Gasteiger partial charge in [0.2, 0.25) is 0 Å². The highest BCUT2D eigenvalue weighted by molar-refractivity contribution is 6.60. The molecule has 0 atom stereocenters. The Bertz CT molecular complexity index is 253. The van der Waals surface area contributed by atoms with E-state index in [-0.39, 0.29) is 0 Å². The molecule has 0 aromatic rings. The minimum absolute atomic E-state index is 0.374. The van der Waals surface area contributed by atoms with E-state index < -0.39 is 14.8 Å². The van der Waals surface area contributed by atoms with Crippen molar-refractivity contribution in [2.45, 2.75) is 39.2 Å². The minimum Gasteiger partial charge on any atom is -0.377 e. The summed E-state index contributed by atoms with van der Waals surface area (Å²) in [6.07, 6.45) is 2.13. The van der Waals surface area contributed by atoms with E-state index in [1.54, 1.807) is 20.3 Å². The Hall–Kier alpha value is -0.283. The fourth-order valence-electron chi connectivity index (χ4n) is 1.97. The summed E-state index contributed by atoms with van der Waals surface area (Å²) in [5.74, 6) is -1.08. The monoisotopic (exact) mass is 322 g/mol. The zero-order valence-electron chi connectivity index (χ0n) is 14.0. The predicted molar refractivity (Wildman–Crippen MR) is 83.0 cm³/mol. The average molecular weight is 322 g/mol. The molecule has 0 N–H and O–H groups in total. The summed E-state index contributed by atoms with van der Waals surface area (Å²) >= 11 is 0. The van der Waals surface area contributed by atoms with Gasteiger partial charge < -0.3 is 27.5 Å². The molecule has 0 amide bonds. The lowest BCUT2D eigenvalue weighted by atomic mass is 10.4. The van der Waals surface area contributed by atoms with E-state index in [9.17, 15) is 0 Å². The first kappa shape index (κ1) is 20.7. The number of ether oxygens (including phenoxy) is 3. The summed E-state index contributed by atoms with van der Waals surface area (Å²) in [5, 5.41) is 0. The Balaban J connectivity index is 4.90. The molecule has 0 spiro atoms. The third-order valence-corrected chi connectivity index (χ3v) is 5.59. The fraction of sp³-hybridized carbons (Fsp3) is 0.857. The lowest BCUT2D eigenvalue weighted by molar-refractivity contribution is -0.378. The highest BCUT2D eigenvalue weighted by atomic mass is 28.4. The third-order valence-electron chi connectivity index (χ3n) is 2.87. The lowest BCUT2D eigenvalue weighted by Crippen LogP contribution is -2.48. The molecule has 0 heterocycles. The minimum atomic E-state index is -2.77. The highest BCUT2D eigenvalue weighted by Crippen LogP contribution is 2.27. The van der Waals surface area contributed by atoms with E-state index in [0.717, 1.165) is 0 Å². The van der Waals surface area contributed by atoms with Crippen LogP contribution in [0.1, 0.15) is 27.2 Å². The van der Waals surface area contributed by atoms with Gasteiger partial charge in [0, 0.05) is 46.5 Å². The first-order valence-corrected chi connectivity index (χ1v) is 9.27. The van der Waals surface area contributed by atoms with Gasteiger partial charge in [-0.05, 0) is 20.8 Å². The molecule has 0 saturated heterocycles. The second kappa shape index (κ2) is 11.3. The topological polar surface area (TPSA) is 55.4 Å². The molecule has 21 heavy (non-hydrogen) atoms. The molecule has 0 aromatic carbocycles. The Kier molecular flexibility index (Phi) is 11.2. The van der Waals surface area contributed by atoms with Crippen LogP contribution < -0.4 is 0 Å². The molecule has 6 nitrogen and oxygen atoms in total. The Morgan fingerprint density at radius 1 is 0.952 bits per heavy atom. The molecule has 0 aliphatic heterocycles. The number of hydrogen-bond acceptors (Lipinski definition) is 6. The summed E-state index contributed by atoms with van der Waals surface area (Å²) in [7, 11) is 0.399. The average Bonchev–Trinajstić information content (AvgIpc) is 2.49. The van der Waals surface area contributed by atoms with Crippen LogP contribution in [0.25, 0.3) is 0 Å². The van der Waals surface area contributed by atoms with Gasteiger partial charge in [-0.25, -0.2) is 0 Å². The largest absolute Gasteiger partial charge is 0.500 e. The number of rotatable bonds is 14. The maximum absolute atomic E-state index is 5.72.